The van der Waals surface area contributed by atoms with Crippen LogP contribution in [-0.2, 0) is 11.8 Å². The smallest absolute Gasteiger partial charge is 0.250 e. The Bertz CT molecular complexity index is 789. The van der Waals surface area contributed by atoms with E-state index in [1.807, 2.05) is 13.2 Å². The summed E-state index contributed by atoms with van der Waals surface area (Å²) in [5, 5.41) is 7.58. The third kappa shape index (κ3) is 3.21. The minimum absolute atomic E-state index is 0.0233. The summed E-state index contributed by atoms with van der Waals surface area (Å²) in [6.45, 7) is 0.663. The van der Waals surface area contributed by atoms with E-state index in [1.54, 1.807) is 34.0 Å². The van der Waals surface area contributed by atoms with E-state index in [2.05, 4.69) is 10.4 Å². The van der Waals surface area contributed by atoms with Crippen molar-refractivity contribution in [3.8, 4) is 0 Å². The maximum atomic E-state index is 12.7. The highest BCUT2D eigenvalue weighted by Crippen LogP contribution is 2.25. The van der Waals surface area contributed by atoms with Crippen LogP contribution in [0.2, 0.25) is 5.02 Å². The summed E-state index contributed by atoms with van der Waals surface area (Å²) in [7, 11) is 1.81. The van der Waals surface area contributed by atoms with Crippen molar-refractivity contribution in [1.29, 1.82) is 0 Å². The van der Waals surface area contributed by atoms with Gasteiger partial charge in [-0.3, -0.25) is 14.3 Å². The third-order valence-corrected chi connectivity index (χ3v) is 4.34. The molecule has 3 rings (SSSR count). The number of nitrogens with zero attached hydrogens (tertiary/aromatic N) is 3. The molecule has 0 bridgehead atoms. The second-order valence-corrected chi connectivity index (χ2v) is 6.17. The van der Waals surface area contributed by atoms with E-state index in [-0.39, 0.29) is 17.5 Å². The molecule has 1 aromatic carbocycles. The Morgan fingerprint density at radius 1 is 1.46 bits per heavy atom. The average molecular weight is 348 g/mol. The number of rotatable bonds is 4. The lowest BCUT2D eigenvalue weighted by molar-refractivity contribution is -0.120. The van der Waals surface area contributed by atoms with E-state index in [0.717, 1.165) is 12.1 Å². The molecule has 2 aromatic rings. The zero-order valence-corrected chi connectivity index (χ0v) is 14.0. The summed E-state index contributed by atoms with van der Waals surface area (Å²) in [6, 6.07) is 4.52. The summed E-state index contributed by atoms with van der Waals surface area (Å²) < 4.78 is 1.66. The molecule has 126 valence electrons. The summed E-state index contributed by atoms with van der Waals surface area (Å²) >= 11 is 5.96. The molecule has 0 spiro atoms. The third-order valence-electron chi connectivity index (χ3n) is 4.01. The van der Waals surface area contributed by atoms with Crippen LogP contribution in [0.5, 0.6) is 0 Å². The molecule has 2 amide bonds. The number of amides is 2. The van der Waals surface area contributed by atoms with E-state index in [0.29, 0.717) is 23.7 Å². The van der Waals surface area contributed by atoms with E-state index < -0.39 is 5.91 Å². The Hall–Kier alpha value is -2.54. The number of hydrogen-bond donors (Lipinski definition) is 2. The van der Waals surface area contributed by atoms with Crippen LogP contribution in [0.1, 0.15) is 23.2 Å². The number of aryl methyl sites for hydroxylation is 1. The van der Waals surface area contributed by atoms with Crippen LogP contribution >= 0.6 is 11.6 Å². The number of anilines is 2. The number of nitrogens with two attached hydrogens (primary N) is 1. The number of aromatic nitrogens is 2. The van der Waals surface area contributed by atoms with Gasteiger partial charge in [-0.25, -0.2) is 0 Å². The molecule has 8 heteroatoms. The standard InChI is InChI=1S/C16H18ClN5O2/c1-21-9-11(8-19-21)22-6-2-3-14(16(22)24)20-10-4-5-13(17)12(7-10)15(18)23/h4-5,7-9,14,20H,2-3,6H2,1H3,(H2,18,23). The molecule has 0 aliphatic carbocycles. The van der Waals surface area contributed by atoms with Crippen molar-refractivity contribution in [3.63, 3.8) is 0 Å². The van der Waals surface area contributed by atoms with Gasteiger partial charge < -0.3 is 16.0 Å². The minimum Gasteiger partial charge on any atom is -0.374 e. The molecule has 3 N–H and O–H groups in total. The summed E-state index contributed by atoms with van der Waals surface area (Å²) in [6.07, 6.45) is 5.07. The fourth-order valence-corrected chi connectivity index (χ4v) is 3.03. The highest BCUT2D eigenvalue weighted by Gasteiger charge is 2.30. The zero-order valence-electron chi connectivity index (χ0n) is 13.2. The van der Waals surface area contributed by atoms with Crippen LogP contribution in [0.15, 0.2) is 30.6 Å². The molecule has 1 aromatic heterocycles. The molecule has 24 heavy (non-hydrogen) atoms. The Morgan fingerprint density at radius 2 is 2.25 bits per heavy atom. The van der Waals surface area contributed by atoms with Crippen molar-refractivity contribution in [3.05, 3.63) is 41.2 Å². The van der Waals surface area contributed by atoms with Gasteiger partial charge in [-0.1, -0.05) is 11.6 Å². The van der Waals surface area contributed by atoms with Crippen molar-refractivity contribution < 1.29 is 9.59 Å². The fraction of sp³-hybridized carbons (Fsp3) is 0.312. The number of primary amides is 1. The van der Waals surface area contributed by atoms with Gasteiger partial charge in [0.05, 0.1) is 22.5 Å². The average Bonchev–Trinajstić information content (AvgIpc) is 2.97. The van der Waals surface area contributed by atoms with Crippen LogP contribution in [0.4, 0.5) is 11.4 Å². The van der Waals surface area contributed by atoms with Gasteiger partial charge in [-0.2, -0.15) is 5.10 Å². The second-order valence-electron chi connectivity index (χ2n) is 5.76. The molecule has 1 unspecified atom stereocenters. The van der Waals surface area contributed by atoms with Gasteiger partial charge in [0.25, 0.3) is 0 Å². The first-order chi connectivity index (χ1) is 11.5. The lowest BCUT2D eigenvalue weighted by Crippen LogP contribution is -2.47. The number of hydrogen-bond acceptors (Lipinski definition) is 4. The number of nitrogens with one attached hydrogen (secondary N) is 1. The van der Waals surface area contributed by atoms with Crippen molar-refractivity contribution in [1.82, 2.24) is 9.78 Å². The van der Waals surface area contributed by atoms with E-state index in [4.69, 9.17) is 17.3 Å². The van der Waals surface area contributed by atoms with Gasteiger partial charge >= 0.3 is 0 Å². The maximum Gasteiger partial charge on any atom is 0.250 e. The SMILES string of the molecule is Cn1cc(N2CCCC(Nc3ccc(Cl)c(C(N)=O)c3)C2=O)cn1. The van der Waals surface area contributed by atoms with E-state index >= 15 is 0 Å². The van der Waals surface area contributed by atoms with Crippen LogP contribution in [0.3, 0.4) is 0 Å². The number of carbonyl (C=O) groups excluding carboxylic acids is 2. The van der Waals surface area contributed by atoms with Crippen LogP contribution in [-0.4, -0.2) is 34.2 Å². The van der Waals surface area contributed by atoms with E-state index in [1.165, 1.54) is 0 Å². The van der Waals surface area contributed by atoms with Crippen molar-refractivity contribution in [2.24, 2.45) is 12.8 Å². The highest BCUT2D eigenvalue weighted by molar-refractivity contribution is 6.33. The predicted octanol–water partition coefficient (Wildman–Crippen LogP) is 1.78. The van der Waals surface area contributed by atoms with Crippen molar-refractivity contribution >= 4 is 34.8 Å². The van der Waals surface area contributed by atoms with Gasteiger partial charge in [-0.05, 0) is 31.0 Å². The lowest BCUT2D eigenvalue weighted by atomic mass is 10.0. The first-order valence-electron chi connectivity index (χ1n) is 7.61. The second kappa shape index (κ2) is 6.52. The zero-order chi connectivity index (χ0) is 17.3. The summed E-state index contributed by atoms with van der Waals surface area (Å²) in [5.41, 5.74) is 6.96. The first-order valence-corrected chi connectivity index (χ1v) is 7.99. The van der Waals surface area contributed by atoms with Gasteiger partial charge in [-0.15, -0.1) is 0 Å². The van der Waals surface area contributed by atoms with Crippen LogP contribution in [0.25, 0.3) is 0 Å². The normalized spacial score (nSPS) is 17.8. The Kier molecular flexibility index (Phi) is 4.44. The molecular weight excluding hydrogens is 330 g/mol. The molecule has 0 radical (unpaired) electrons. The van der Waals surface area contributed by atoms with Crippen molar-refractivity contribution in [2.45, 2.75) is 18.9 Å². The number of piperidine rings is 1. The lowest BCUT2D eigenvalue weighted by Gasteiger charge is -2.32. The van der Waals surface area contributed by atoms with Gasteiger partial charge in [0.1, 0.15) is 6.04 Å². The molecule has 1 atom stereocenters. The molecule has 7 nitrogen and oxygen atoms in total. The fourth-order valence-electron chi connectivity index (χ4n) is 2.82. The number of halogens is 1. The largest absolute Gasteiger partial charge is 0.374 e. The van der Waals surface area contributed by atoms with Gasteiger partial charge in [0.2, 0.25) is 11.8 Å². The number of benzene rings is 1. The maximum absolute atomic E-state index is 12.7. The van der Waals surface area contributed by atoms with Crippen LogP contribution < -0.4 is 16.0 Å². The highest BCUT2D eigenvalue weighted by atomic mass is 35.5. The monoisotopic (exact) mass is 347 g/mol. The number of carbonyl (C=O) groups is 2. The molecule has 1 aliphatic heterocycles. The Balaban J connectivity index is 1.79. The summed E-state index contributed by atoms with van der Waals surface area (Å²) in [4.78, 5) is 25.9. The predicted molar refractivity (Wildman–Crippen MR) is 92.2 cm³/mol. The quantitative estimate of drug-likeness (QED) is 0.881. The Labute approximate surface area is 144 Å². The molecule has 0 saturated carbocycles. The minimum atomic E-state index is -0.601. The van der Waals surface area contributed by atoms with E-state index in [9.17, 15) is 9.59 Å². The molecule has 2 heterocycles. The van der Waals surface area contributed by atoms with Crippen LogP contribution in [0, 0.1) is 0 Å². The molecular formula is C16H18ClN5O2. The first kappa shape index (κ1) is 16.3. The van der Waals surface area contributed by atoms with Gasteiger partial charge in [0.15, 0.2) is 0 Å². The summed E-state index contributed by atoms with van der Waals surface area (Å²) in [5.74, 6) is -0.625. The Morgan fingerprint density at radius 3 is 2.92 bits per heavy atom. The molecule has 1 fully saturated rings. The van der Waals surface area contributed by atoms with Crippen molar-refractivity contribution in [2.75, 3.05) is 16.8 Å². The topological polar surface area (TPSA) is 93.2 Å². The molecule has 1 aliphatic rings. The molecule has 1 saturated heterocycles. The van der Waals surface area contributed by atoms with Gasteiger partial charge in [0, 0.05) is 25.5 Å².